The van der Waals surface area contributed by atoms with Gasteiger partial charge in [0.2, 0.25) is 0 Å². The van der Waals surface area contributed by atoms with E-state index in [-0.39, 0.29) is 6.42 Å². The van der Waals surface area contributed by atoms with Crippen LogP contribution in [0, 0.1) is 0 Å². The lowest BCUT2D eigenvalue weighted by Crippen LogP contribution is -2.65. The molecule has 188 valence electrons. The maximum atomic E-state index is 10.6. The third kappa shape index (κ3) is 5.24. The highest BCUT2D eigenvalue weighted by atomic mass is 16.8. The summed E-state index contributed by atoms with van der Waals surface area (Å²) in [5.41, 5.74) is 0. The molecule has 9 N–H and O–H groups in total. The average Bonchev–Trinajstić information content (AvgIpc) is 2.76. The molecular formula is C18H32O14. The van der Waals surface area contributed by atoms with E-state index in [1.54, 1.807) is 6.92 Å². The van der Waals surface area contributed by atoms with E-state index in [1.165, 1.54) is 0 Å². The number of ether oxygens (including phenoxy) is 5. The van der Waals surface area contributed by atoms with Crippen LogP contribution in [0.4, 0.5) is 0 Å². The first kappa shape index (κ1) is 26.1. The van der Waals surface area contributed by atoms with Crippen molar-refractivity contribution in [3.8, 4) is 0 Å². The highest BCUT2D eigenvalue weighted by molar-refractivity contribution is 4.95. The van der Waals surface area contributed by atoms with Crippen LogP contribution in [-0.4, -0.2) is 145 Å². The van der Waals surface area contributed by atoms with Crippen molar-refractivity contribution in [3.05, 3.63) is 0 Å². The zero-order valence-corrected chi connectivity index (χ0v) is 17.3. The second-order valence-corrected chi connectivity index (χ2v) is 8.22. The fraction of sp³-hybridized carbons (Fsp3) is 1.00. The van der Waals surface area contributed by atoms with Crippen LogP contribution in [0.3, 0.4) is 0 Å². The Kier molecular flexibility index (Phi) is 8.79. The van der Waals surface area contributed by atoms with Crippen LogP contribution in [0.15, 0.2) is 0 Å². The maximum Gasteiger partial charge on any atom is 0.187 e. The van der Waals surface area contributed by atoms with Crippen LogP contribution < -0.4 is 0 Å². The van der Waals surface area contributed by atoms with E-state index in [4.69, 9.17) is 23.7 Å². The maximum absolute atomic E-state index is 10.6. The van der Waals surface area contributed by atoms with Gasteiger partial charge in [0.1, 0.15) is 54.9 Å². The Morgan fingerprint density at radius 2 is 1.25 bits per heavy atom. The zero-order valence-electron chi connectivity index (χ0n) is 17.3. The van der Waals surface area contributed by atoms with Crippen molar-refractivity contribution in [1.82, 2.24) is 0 Å². The van der Waals surface area contributed by atoms with Gasteiger partial charge in [0.25, 0.3) is 0 Å². The molecule has 0 saturated carbocycles. The molecule has 0 bridgehead atoms. The van der Waals surface area contributed by atoms with Crippen molar-refractivity contribution in [2.45, 2.75) is 99.4 Å². The fourth-order valence-electron chi connectivity index (χ4n) is 3.91. The summed E-state index contributed by atoms with van der Waals surface area (Å²) in [6.45, 7) is 0.126. The van der Waals surface area contributed by atoms with E-state index in [0.717, 1.165) is 0 Å². The van der Waals surface area contributed by atoms with Crippen molar-refractivity contribution in [2.75, 3.05) is 13.2 Å². The molecule has 32 heavy (non-hydrogen) atoms. The lowest BCUT2D eigenvalue weighted by Gasteiger charge is -2.47. The van der Waals surface area contributed by atoms with E-state index in [9.17, 15) is 46.0 Å². The Labute approximate surface area is 183 Å². The van der Waals surface area contributed by atoms with E-state index in [2.05, 4.69) is 0 Å². The Bertz CT molecular complexity index is 594. The molecule has 0 amide bonds. The molecule has 14 nitrogen and oxygen atoms in total. The fourth-order valence-corrected chi connectivity index (χ4v) is 3.91. The summed E-state index contributed by atoms with van der Waals surface area (Å²) in [6.07, 6.45) is -20.4. The van der Waals surface area contributed by atoms with Gasteiger partial charge in [0.05, 0.1) is 25.4 Å². The molecule has 3 fully saturated rings. The quantitative estimate of drug-likeness (QED) is 0.176. The second kappa shape index (κ2) is 10.8. The van der Waals surface area contributed by atoms with Gasteiger partial charge in [-0.15, -0.1) is 0 Å². The summed E-state index contributed by atoms with van der Waals surface area (Å²) in [4.78, 5) is 0. The van der Waals surface area contributed by atoms with Gasteiger partial charge in [-0.3, -0.25) is 0 Å². The molecule has 0 unspecified atom stereocenters. The minimum Gasteiger partial charge on any atom is -0.394 e. The van der Waals surface area contributed by atoms with Gasteiger partial charge in [-0.1, -0.05) is 0 Å². The molecule has 0 aromatic rings. The molecule has 14 heteroatoms. The van der Waals surface area contributed by atoms with Crippen LogP contribution in [0.5, 0.6) is 0 Å². The summed E-state index contributed by atoms with van der Waals surface area (Å²) in [7, 11) is 0. The van der Waals surface area contributed by atoms with Gasteiger partial charge in [-0.25, -0.2) is 0 Å². The lowest BCUT2D eigenvalue weighted by molar-refractivity contribution is -0.382. The van der Waals surface area contributed by atoms with E-state index in [0.29, 0.717) is 0 Å². The SMILES string of the molecule is C[C@H]1O[C@H](O[C@H]2[C@H](O)[C@@H](CO)O[C@H](O)[C@H]2O[C@@H]2O[C@H](CO)[C@H](O)[C@H](O)[C@H]2O)[C@H](O)C[C@H]1O. The van der Waals surface area contributed by atoms with Crippen molar-refractivity contribution in [1.29, 1.82) is 0 Å². The minimum atomic E-state index is -1.82. The van der Waals surface area contributed by atoms with E-state index >= 15 is 0 Å². The number of hydrogen-bond acceptors (Lipinski definition) is 14. The number of hydrogen-bond donors (Lipinski definition) is 9. The summed E-state index contributed by atoms with van der Waals surface area (Å²) in [6, 6.07) is 0. The van der Waals surface area contributed by atoms with Crippen LogP contribution >= 0.6 is 0 Å². The summed E-state index contributed by atoms with van der Waals surface area (Å²) >= 11 is 0. The van der Waals surface area contributed by atoms with Crippen molar-refractivity contribution >= 4 is 0 Å². The van der Waals surface area contributed by atoms with Crippen molar-refractivity contribution in [2.24, 2.45) is 0 Å². The Hall–Kier alpha value is -0.560. The van der Waals surface area contributed by atoms with Gasteiger partial charge < -0.3 is 69.6 Å². The van der Waals surface area contributed by atoms with Crippen LogP contribution in [-0.2, 0) is 23.7 Å². The summed E-state index contributed by atoms with van der Waals surface area (Å²) in [5.74, 6) is 0. The van der Waals surface area contributed by atoms with E-state index in [1.807, 2.05) is 0 Å². The predicted octanol–water partition coefficient (Wildman–Crippen LogP) is -5.52. The predicted molar refractivity (Wildman–Crippen MR) is 98.5 cm³/mol. The third-order valence-corrected chi connectivity index (χ3v) is 5.94. The lowest BCUT2D eigenvalue weighted by atomic mass is 9.96. The Balaban J connectivity index is 1.79. The topological polar surface area (TPSA) is 228 Å². The molecule has 0 aromatic heterocycles. The van der Waals surface area contributed by atoms with Gasteiger partial charge in [0.15, 0.2) is 18.9 Å². The standard InChI is InChI=1S/C18H32O14/c1-5-6(21)2-7(22)17(28-5)31-14-11(24)9(4-20)29-16(27)15(14)32-18-13(26)12(25)10(23)8(3-19)30-18/h5-27H,2-4H2,1H3/t5-,6-,7-,8-,9-,10+,11-,12+,13-,14+,15+,16+,17-,18+/m1/s1. The van der Waals surface area contributed by atoms with Crippen LogP contribution in [0.25, 0.3) is 0 Å². The molecule has 3 saturated heterocycles. The Morgan fingerprint density at radius 3 is 1.88 bits per heavy atom. The molecule has 14 atom stereocenters. The molecule has 3 rings (SSSR count). The number of aliphatic hydroxyl groups is 9. The molecular weight excluding hydrogens is 440 g/mol. The summed E-state index contributed by atoms with van der Waals surface area (Å²) < 4.78 is 27.0. The number of aliphatic hydroxyl groups excluding tert-OH is 9. The molecule has 3 heterocycles. The summed E-state index contributed by atoms with van der Waals surface area (Å²) in [5, 5.41) is 89.9. The van der Waals surface area contributed by atoms with Gasteiger partial charge in [-0.05, 0) is 6.92 Å². The molecule has 0 radical (unpaired) electrons. The molecule has 0 aliphatic carbocycles. The highest BCUT2D eigenvalue weighted by Gasteiger charge is 2.52. The minimum absolute atomic E-state index is 0.0879. The van der Waals surface area contributed by atoms with Gasteiger partial charge in [-0.2, -0.15) is 0 Å². The van der Waals surface area contributed by atoms with Crippen molar-refractivity contribution < 1.29 is 69.6 Å². The largest absolute Gasteiger partial charge is 0.394 e. The first-order valence-electron chi connectivity index (χ1n) is 10.3. The average molecular weight is 472 g/mol. The first-order valence-corrected chi connectivity index (χ1v) is 10.3. The molecule has 3 aliphatic heterocycles. The van der Waals surface area contributed by atoms with Crippen molar-refractivity contribution in [3.63, 3.8) is 0 Å². The van der Waals surface area contributed by atoms with Crippen LogP contribution in [0.1, 0.15) is 13.3 Å². The zero-order chi connectivity index (χ0) is 23.7. The molecule has 3 aliphatic rings. The number of rotatable bonds is 6. The first-order chi connectivity index (χ1) is 15.1. The molecule has 0 aromatic carbocycles. The Morgan fingerprint density at radius 1 is 0.656 bits per heavy atom. The second-order valence-electron chi connectivity index (χ2n) is 8.22. The van der Waals surface area contributed by atoms with Gasteiger partial charge in [0, 0.05) is 6.42 Å². The van der Waals surface area contributed by atoms with E-state index < -0.39 is 99.2 Å². The third-order valence-electron chi connectivity index (χ3n) is 5.94. The normalized spacial score (nSPS) is 52.7. The monoisotopic (exact) mass is 472 g/mol. The van der Waals surface area contributed by atoms with Crippen LogP contribution in [0.2, 0.25) is 0 Å². The smallest absolute Gasteiger partial charge is 0.187 e. The van der Waals surface area contributed by atoms with Gasteiger partial charge >= 0.3 is 0 Å². The molecule has 0 spiro atoms. The highest BCUT2D eigenvalue weighted by Crippen LogP contribution is 2.32.